The molecule has 1 saturated heterocycles. The van der Waals surface area contributed by atoms with Crippen molar-refractivity contribution in [3.05, 3.63) is 54.1 Å². The predicted octanol–water partition coefficient (Wildman–Crippen LogP) is 4.01. The Hall–Kier alpha value is -2.82. The molecule has 0 aromatic heterocycles. The number of likely N-dealkylation sites (tertiary alicyclic amines) is 1. The fourth-order valence-corrected chi connectivity index (χ4v) is 4.77. The fourth-order valence-electron chi connectivity index (χ4n) is 4.77. The smallest absolute Gasteiger partial charge is 0.230 e. The second-order valence-corrected chi connectivity index (χ2v) is 9.22. The molecule has 1 aliphatic carbocycles. The highest BCUT2D eigenvalue weighted by molar-refractivity contribution is 5.86. The van der Waals surface area contributed by atoms with E-state index in [0.717, 1.165) is 54.7 Å². The lowest BCUT2D eigenvalue weighted by Crippen LogP contribution is -2.54. The molecule has 4 rings (SSSR count). The molecule has 0 bridgehead atoms. The van der Waals surface area contributed by atoms with Crippen molar-refractivity contribution < 1.29 is 14.3 Å². The average molecular weight is 421 g/mol. The van der Waals surface area contributed by atoms with Gasteiger partial charge in [0, 0.05) is 33.1 Å². The van der Waals surface area contributed by atoms with E-state index in [1.165, 1.54) is 0 Å². The third-order valence-corrected chi connectivity index (χ3v) is 6.59. The summed E-state index contributed by atoms with van der Waals surface area (Å²) in [6.07, 6.45) is 4.34. The summed E-state index contributed by atoms with van der Waals surface area (Å²) in [5.41, 5.74) is 2.85. The molecule has 2 aromatic rings. The molecule has 2 aliphatic rings. The van der Waals surface area contributed by atoms with E-state index in [1.54, 1.807) is 12.0 Å². The van der Waals surface area contributed by atoms with Crippen molar-refractivity contribution in [1.82, 2.24) is 9.80 Å². The minimum absolute atomic E-state index is 0.125. The van der Waals surface area contributed by atoms with Gasteiger partial charge in [0.15, 0.2) is 0 Å². The maximum atomic E-state index is 13.3. The molecule has 0 unspecified atom stereocenters. The van der Waals surface area contributed by atoms with E-state index in [1.807, 2.05) is 43.3 Å². The van der Waals surface area contributed by atoms with Crippen LogP contribution in [0.3, 0.4) is 0 Å². The number of amides is 2. The van der Waals surface area contributed by atoms with Crippen LogP contribution in [0.5, 0.6) is 5.75 Å². The summed E-state index contributed by atoms with van der Waals surface area (Å²) in [5, 5.41) is 0. The lowest BCUT2D eigenvalue weighted by molar-refractivity contribution is -0.147. The van der Waals surface area contributed by atoms with Gasteiger partial charge in [-0.15, -0.1) is 0 Å². The van der Waals surface area contributed by atoms with E-state index in [2.05, 4.69) is 24.3 Å². The van der Waals surface area contributed by atoms with Crippen LogP contribution in [-0.4, -0.2) is 55.9 Å². The number of carbonyl (C=O) groups excluding carboxylic acids is 2. The van der Waals surface area contributed by atoms with Crippen molar-refractivity contribution in [2.24, 2.45) is 11.3 Å². The Morgan fingerprint density at radius 2 is 1.65 bits per heavy atom. The van der Waals surface area contributed by atoms with Gasteiger partial charge < -0.3 is 14.5 Å². The molecule has 5 nitrogen and oxygen atoms in total. The standard InChI is InChI=1S/C26H32N2O3/c1-27(2)25(30)26(15-4-16-28(18-26)24(29)22-9-10-22)17-19-5-7-20(8-6-19)21-11-13-23(31-3)14-12-21/h5-8,11-14,22H,4,9-10,15-18H2,1-3H3/t26-/m0/s1. The Kier molecular flexibility index (Phi) is 6.03. The van der Waals surface area contributed by atoms with Crippen molar-refractivity contribution >= 4 is 11.8 Å². The zero-order chi connectivity index (χ0) is 22.0. The summed E-state index contributed by atoms with van der Waals surface area (Å²) in [7, 11) is 5.30. The quantitative estimate of drug-likeness (QED) is 0.709. The number of hydrogen-bond acceptors (Lipinski definition) is 3. The fraction of sp³-hybridized carbons (Fsp3) is 0.462. The molecule has 5 heteroatoms. The second kappa shape index (κ2) is 8.74. The molecular weight excluding hydrogens is 388 g/mol. The molecule has 2 fully saturated rings. The Labute approximate surface area is 185 Å². The normalized spacial score (nSPS) is 20.9. The lowest BCUT2D eigenvalue weighted by Gasteiger charge is -2.43. The minimum Gasteiger partial charge on any atom is -0.497 e. The molecule has 1 atom stereocenters. The van der Waals surface area contributed by atoms with E-state index >= 15 is 0 Å². The van der Waals surface area contributed by atoms with Gasteiger partial charge in [-0.25, -0.2) is 0 Å². The van der Waals surface area contributed by atoms with Gasteiger partial charge in [0.2, 0.25) is 11.8 Å². The first-order valence-corrected chi connectivity index (χ1v) is 11.2. The van der Waals surface area contributed by atoms with Gasteiger partial charge in [-0.1, -0.05) is 36.4 Å². The Morgan fingerprint density at radius 3 is 2.19 bits per heavy atom. The van der Waals surface area contributed by atoms with Gasteiger partial charge in [-0.05, 0) is 60.9 Å². The Bertz CT molecular complexity index is 932. The van der Waals surface area contributed by atoms with Crippen LogP contribution in [0.4, 0.5) is 0 Å². The Balaban J connectivity index is 1.55. The maximum Gasteiger partial charge on any atom is 0.230 e. The molecule has 1 heterocycles. The predicted molar refractivity (Wildman–Crippen MR) is 122 cm³/mol. The van der Waals surface area contributed by atoms with Gasteiger partial charge in [0.25, 0.3) is 0 Å². The molecular formula is C26H32N2O3. The van der Waals surface area contributed by atoms with Crippen LogP contribution in [-0.2, 0) is 16.0 Å². The number of ether oxygens (including phenoxy) is 1. The van der Waals surface area contributed by atoms with Crippen molar-refractivity contribution in [2.45, 2.75) is 32.1 Å². The van der Waals surface area contributed by atoms with Crippen molar-refractivity contribution in [3.8, 4) is 16.9 Å². The Morgan fingerprint density at radius 1 is 1.03 bits per heavy atom. The minimum atomic E-state index is -0.548. The van der Waals surface area contributed by atoms with Gasteiger partial charge in [-0.3, -0.25) is 9.59 Å². The van der Waals surface area contributed by atoms with Crippen LogP contribution < -0.4 is 4.74 Å². The van der Waals surface area contributed by atoms with Gasteiger partial charge >= 0.3 is 0 Å². The van der Waals surface area contributed by atoms with E-state index in [-0.39, 0.29) is 17.7 Å². The van der Waals surface area contributed by atoms with Gasteiger partial charge in [0.1, 0.15) is 5.75 Å². The lowest BCUT2D eigenvalue weighted by atomic mass is 9.73. The molecule has 1 aliphatic heterocycles. The molecule has 0 spiro atoms. The summed E-state index contributed by atoms with van der Waals surface area (Å²) < 4.78 is 5.24. The van der Waals surface area contributed by atoms with Crippen LogP contribution >= 0.6 is 0 Å². The molecule has 164 valence electrons. The number of benzene rings is 2. The molecule has 1 saturated carbocycles. The topological polar surface area (TPSA) is 49.9 Å². The van der Waals surface area contributed by atoms with Gasteiger partial charge in [0.05, 0.1) is 12.5 Å². The third kappa shape index (κ3) is 4.60. The number of rotatable bonds is 6. The van der Waals surface area contributed by atoms with Crippen LogP contribution in [0, 0.1) is 11.3 Å². The summed E-state index contributed by atoms with van der Waals surface area (Å²) in [5.74, 6) is 1.40. The highest BCUT2D eigenvalue weighted by atomic mass is 16.5. The first-order valence-electron chi connectivity index (χ1n) is 11.2. The molecule has 0 N–H and O–H groups in total. The highest BCUT2D eigenvalue weighted by Crippen LogP contribution is 2.39. The van der Waals surface area contributed by atoms with E-state index in [0.29, 0.717) is 13.0 Å². The summed E-state index contributed by atoms with van der Waals surface area (Å²) in [6.45, 7) is 1.30. The second-order valence-electron chi connectivity index (χ2n) is 9.22. The zero-order valence-corrected chi connectivity index (χ0v) is 18.8. The van der Waals surface area contributed by atoms with Crippen LogP contribution in [0.15, 0.2) is 48.5 Å². The largest absolute Gasteiger partial charge is 0.497 e. The summed E-state index contributed by atoms with van der Waals surface area (Å²) in [4.78, 5) is 29.7. The van der Waals surface area contributed by atoms with Crippen LogP contribution in [0.2, 0.25) is 0 Å². The molecule has 0 radical (unpaired) electrons. The highest BCUT2D eigenvalue weighted by Gasteiger charge is 2.46. The number of carbonyl (C=O) groups is 2. The van der Waals surface area contributed by atoms with Crippen molar-refractivity contribution in [2.75, 3.05) is 34.3 Å². The van der Waals surface area contributed by atoms with Gasteiger partial charge in [-0.2, -0.15) is 0 Å². The number of nitrogens with zero attached hydrogens (tertiary/aromatic N) is 2. The molecule has 2 aromatic carbocycles. The van der Waals surface area contributed by atoms with E-state index < -0.39 is 5.41 Å². The third-order valence-electron chi connectivity index (χ3n) is 6.59. The first kappa shape index (κ1) is 21.4. The molecule has 2 amide bonds. The summed E-state index contributed by atoms with van der Waals surface area (Å²) in [6, 6.07) is 16.5. The SMILES string of the molecule is COc1ccc(-c2ccc(C[C@@]3(C(=O)N(C)C)CCCN(C(=O)C4CC4)C3)cc2)cc1. The average Bonchev–Trinajstić information content (AvgIpc) is 3.64. The van der Waals surface area contributed by atoms with Crippen LogP contribution in [0.1, 0.15) is 31.2 Å². The van der Waals surface area contributed by atoms with E-state index in [4.69, 9.17) is 4.74 Å². The maximum absolute atomic E-state index is 13.3. The van der Waals surface area contributed by atoms with Crippen molar-refractivity contribution in [1.29, 1.82) is 0 Å². The first-order chi connectivity index (χ1) is 14.9. The van der Waals surface area contributed by atoms with Crippen LogP contribution in [0.25, 0.3) is 11.1 Å². The summed E-state index contributed by atoms with van der Waals surface area (Å²) >= 11 is 0. The number of methoxy groups -OCH3 is 1. The molecule has 31 heavy (non-hydrogen) atoms. The number of piperidine rings is 1. The number of hydrogen-bond donors (Lipinski definition) is 0. The zero-order valence-electron chi connectivity index (χ0n) is 18.8. The van der Waals surface area contributed by atoms with Crippen molar-refractivity contribution in [3.63, 3.8) is 0 Å². The monoisotopic (exact) mass is 420 g/mol. The van der Waals surface area contributed by atoms with E-state index in [9.17, 15) is 9.59 Å².